The average Bonchev–Trinajstić information content (AvgIpc) is 3.12. The van der Waals surface area contributed by atoms with Gasteiger partial charge in [-0.1, -0.05) is 30.3 Å². The number of aromatic nitrogens is 2. The van der Waals surface area contributed by atoms with Crippen LogP contribution in [0.5, 0.6) is 0 Å². The van der Waals surface area contributed by atoms with Gasteiger partial charge in [0, 0.05) is 24.6 Å². The molecule has 0 N–H and O–H groups in total. The highest BCUT2D eigenvalue weighted by Gasteiger charge is 2.47. The molecule has 4 nitrogen and oxygen atoms in total. The molecule has 0 unspecified atom stereocenters. The highest BCUT2D eigenvalue weighted by atomic mass is 32.1. The van der Waals surface area contributed by atoms with Gasteiger partial charge in [-0.05, 0) is 49.8 Å². The minimum absolute atomic E-state index is 0.0672. The van der Waals surface area contributed by atoms with Crippen LogP contribution in [0.15, 0.2) is 42.6 Å². The quantitative estimate of drug-likeness (QED) is 0.657. The van der Waals surface area contributed by atoms with E-state index in [-0.39, 0.29) is 17.4 Å². The minimum atomic E-state index is 0.0672. The van der Waals surface area contributed by atoms with Crippen LogP contribution in [0.4, 0.5) is 0 Å². The smallest absolute Gasteiger partial charge is 0.224 e. The van der Waals surface area contributed by atoms with Crippen LogP contribution >= 0.6 is 11.3 Å². The van der Waals surface area contributed by atoms with Crippen molar-refractivity contribution in [2.45, 2.75) is 50.5 Å². The van der Waals surface area contributed by atoms with Crippen molar-refractivity contribution in [3.8, 4) is 0 Å². The van der Waals surface area contributed by atoms with E-state index < -0.39 is 0 Å². The van der Waals surface area contributed by atoms with Crippen LogP contribution in [0.2, 0.25) is 0 Å². The number of rotatable bonds is 4. The van der Waals surface area contributed by atoms with Gasteiger partial charge in [-0.15, -0.1) is 11.3 Å². The lowest BCUT2D eigenvalue weighted by molar-refractivity contribution is -0.132. The standard InChI is InChI=1S/C22H23N3OS/c1-15-12-18-20(23-14-15)24-21(27-18)17-8-5-11-25(17)19(26)13-22(9-10-22)16-6-3-2-4-7-16/h2-4,6-7,12,14,17H,5,8-11,13H2,1H3/t17-/m1/s1. The lowest BCUT2D eigenvalue weighted by Gasteiger charge is -2.26. The number of fused-ring (bicyclic) bond motifs is 1. The highest BCUT2D eigenvalue weighted by Crippen LogP contribution is 2.52. The second-order valence-corrected chi connectivity index (χ2v) is 9.02. The third kappa shape index (κ3) is 3.04. The summed E-state index contributed by atoms with van der Waals surface area (Å²) in [4.78, 5) is 24.5. The first-order valence-corrected chi connectivity index (χ1v) is 10.5. The third-order valence-corrected chi connectivity index (χ3v) is 7.08. The van der Waals surface area contributed by atoms with Crippen molar-refractivity contribution in [2.75, 3.05) is 6.54 Å². The summed E-state index contributed by atoms with van der Waals surface area (Å²) in [6.07, 6.45) is 6.77. The lowest BCUT2D eigenvalue weighted by Crippen LogP contribution is -2.33. The maximum Gasteiger partial charge on any atom is 0.224 e. The van der Waals surface area contributed by atoms with Gasteiger partial charge < -0.3 is 4.90 Å². The number of pyridine rings is 1. The van der Waals surface area contributed by atoms with E-state index in [1.807, 2.05) is 12.3 Å². The van der Waals surface area contributed by atoms with Gasteiger partial charge in [0.2, 0.25) is 5.91 Å². The molecule has 138 valence electrons. The number of thiazole rings is 1. The number of hydrogen-bond donors (Lipinski definition) is 0. The second-order valence-electron chi connectivity index (χ2n) is 7.95. The molecule has 0 bridgehead atoms. The summed E-state index contributed by atoms with van der Waals surface area (Å²) in [6.45, 7) is 2.90. The van der Waals surface area contributed by atoms with E-state index in [2.05, 4.69) is 47.1 Å². The van der Waals surface area contributed by atoms with Crippen molar-refractivity contribution in [3.05, 3.63) is 58.7 Å². The van der Waals surface area contributed by atoms with E-state index in [4.69, 9.17) is 4.98 Å². The average molecular weight is 378 g/mol. The molecule has 2 fully saturated rings. The summed E-state index contributed by atoms with van der Waals surface area (Å²) < 4.78 is 1.12. The van der Waals surface area contributed by atoms with E-state index in [0.29, 0.717) is 6.42 Å². The van der Waals surface area contributed by atoms with Gasteiger partial charge in [0.1, 0.15) is 5.01 Å². The molecule has 5 rings (SSSR count). The Morgan fingerprint density at radius 2 is 2.11 bits per heavy atom. The summed E-state index contributed by atoms with van der Waals surface area (Å²) in [5, 5.41) is 1.04. The van der Waals surface area contributed by atoms with Crippen molar-refractivity contribution in [3.63, 3.8) is 0 Å². The molecule has 1 saturated heterocycles. The van der Waals surface area contributed by atoms with Gasteiger partial charge in [-0.3, -0.25) is 4.79 Å². The van der Waals surface area contributed by atoms with E-state index >= 15 is 0 Å². The monoisotopic (exact) mass is 377 g/mol. The van der Waals surface area contributed by atoms with Crippen LogP contribution in [0.3, 0.4) is 0 Å². The SMILES string of the molecule is Cc1cnc2nc([C@H]3CCCN3C(=O)CC3(c4ccccc4)CC3)sc2c1. The van der Waals surface area contributed by atoms with Crippen molar-refractivity contribution in [1.82, 2.24) is 14.9 Å². The van der Waals surface area contributed by atoms with Gasteiger partial charge in [0.05, 0.1) is 10.7 Å². The Kier molecular flexibility index (Phi) is 4.01. The summed E-state index contributed by atoms with van der Waals surface area (Å²) in [7, 11) is 0. The Morgan fingerprint density at radius 3 is 2.89 bits per heavy atom. The Bertz CT molecular complexity index is 993. The highest BCUT2D eigenvalue weighted by molar-refractivity contribution is 7.18. The summed E-state index contributed by atoms with van der Waals surface area (Å²) in [6, 6.07) is 12.8. The number of carbonyl (C=O) groups excluding carboxylic acids is 1. The fourth-order valence-electron chi connectivity index (χ4n) is 4.30. The molecule has 3 aromatic rings. The van der Waals surface area contributed by atoms with Crippen LogP contribution in [-0.2, 0) is 10.2 Å². The Labute approximate surface area is 163 Å². The first kappa shape index (κ1) is 16.9. The van der Waals surface area contributed by atoms with E-state index in [1.54, 1.807) is 11.3 Å². The van der Waals surface area contributed by atoms with Gasteiger partial charge in [0.15, 0.2) is 5.65 Å². The zero-order chi connectivity index (χ0) is 18.4. The Morgan fingerprint density at radius 1 is 1.30 bits per heavy atom. The van der Waals surface area contributed by atoms with Crippen LogP contribution in [0.25, 0.3) is 10.3 Å². The van der Waals surface area contributed by atoms with Crippen LogP contribution in [-0.4, -0.2) is 27.3 Å². The van der Waals surface area contributed by atoms with Gasteiger partial charge >= 0.3 is 0 Å². The number of benzene rings is 1. The fraction of sp³-hybridized carbons (Fsp3) is 0.409. The van der Waals surface area contributed by atoms with Crippen LogP contribution < -0.4 is 0 Å². The van der Waals surface area contributed by atoms with Gasteiger partial charge in [-0.25, -0.2) is 9.97 Å². The Balaban J connectivity index is 1.38. The van der Waals surface area contributed by atoms with Crippen molar-refractivity contribution >= 4 is 27.6 Å². The number of hydrogen-bond acceptors (Lipinski definition) is 4. The lowest BCUT2D eigenvalue weighted by atomic mass is 9.92. The van der Waals surface area contributed by atoms with E-state index in [0.717, 1.165) is 53.1 Å². The molecule has 2 aromatic heterocycles. The first-order valence-electron chi connectivity index (χ1n) is 9.73. The maximum absolute atomic E-state index is 13.2. The summed E-state index contributed by atoms with van der Waals surface area (Å²) in [5.41, 5.74) is 3.34. The molecular formula is C22H23N3OS. The molecule has 27 heavy (non-hydrogen) atoms. The predicted octanol–water partition coefficient (Wildman–Crippen LogP) is 4.79. The van der Waals surface area contributed by atoms with Crippen LogP contribution in [0.1, 0.15) is 54.3 Å². The van der Waals surface area contributed by atoms with Crippen molar-refractivity contribution < 1.29 is 4.79 Å². The van der Waals surface area contributed by atoms with Gasteiger partial charge in [-0.2, -0.15) is 0 Å². The number of nitrogens with zero attached hydrogens (tertiary/aromatic N) is 3. The minimum Gasteiger partial charge on any atom is -0.333 e. The number of amides is 1. The number of carbonyl (C=O) groups is 1. The Hall–Kier alpha value is -2.27. The second kappa shape index (κ2) is 6.41. The van der Waals surface area contributed by atoms with Crippen molar-refractivity contribution in [2.24, 2.45) is 0 Å². The number of likely N-dealkylation sites (tertiary alicyclic amines) is 1. The molecule has 5 heteroatoms. The predicted molar refractivity (Wildman–Crippen MR) is 108 cm³/mol. The maximum atomic E-state index is 13.2. The normalized spacial score (nSPS) is 20.9. The molecule has 2 aliphatic rings. The molecule has 1 aliphatic heterocycles. The first-order chi connectivity index (χ1) is 13.1. The molecule has 1 atom stereocenters. The molecule has 1 amide bonds. The fourth-order valence-corrected chi connectivity index (χ4v) is 5.47. The molecule has 1 aromatic carbocycles. The molecule has 1 saturated carbocycles. The number of aryl methyl sites for hydroxylation is 1. The largest absolute Gasteiger partial charge is 0.333 e. The molecule has 1 aliphatic carbocycles. The summed E-state index contributed by atoms with van der Waals surface area (Å²) >= 11 is 1.69. The van der Waals surface area contributed by atoms with E-state index in [1.165, 1.54) is 5.56 Å². The zero-order valence-corrected chi connectivity index (χ0v) is 16.3. The van der Waals surface area contributed by atoms with Crippen LogP contribution in [0, 0.1) is 6.92 Å². The summed E-state index contributed by atoms with van der Waals surface area (Å²) in [5.74, 6) is 0.280. The molecular weight excluding hydrogens is 354 g/mol. The third-order valence-electron chi connectivity index (χ3n) is 5.99. The van der Waals surface area contributed by atoms with Gasteiger partial charge in [0.25, 0.3) is 0 Å². The molecule has 3 heterocycles. The topological polar surface area (TPSA) is 46.1 Å². The molecule has 0 spiro atoms. The van der Waals surface area contributed by atoms with E-state index in [9.17, 15) is 4.79 Å². The van der Waals surface area contributed by atoms with Crippen molar-refractivity contribution in [1.29, 1.82) is 0 Å². The zero-order valence-electron chi connectivity index (χ0n) is 15.5. The molecule has 0 radical (unpaired) electrons.